The summed E-state index contributed by atoms with van der Waals surface area (Å²) in [6, 6.07) is 3.43. The summed E-state index contributed by atoms with van der Waals surface area (Å²) in [5.41, 5.74) is 1.23. The van der Waals surface area contributed by atoms with Crippen LogP contribution in [-0.2, 0) is 11.2 Å². The zero-order valence-corrected chi connectivity index (χ0v) is 6.41. The quantitative estimate of drug-likeness (QED) is 0.528. The van der Waals surface area contributed by atoms with Crippen molar-refractivity contribution in [1.82, 2.24) is 4.98 Å². The smallest absolute Gasteiger partial charge is 0.172 e. The molecule has 0 saturated heterocycles. The van der Waals surface area contributed by atoms with Gasteiger partial charge in [0.25, 0.3) is 0 Å². The first-order valence-corrected chi connectivity index (χ1v) is 3.76. The Bertz CT molecular complexity index is 357. The number of carbonyl (C=O) groups excluding carboxylic acids is 2. The lowest BCUT2D eigenvalue weighted by Gasteiger charge is -2.11. The molecule has 0 aliphatic heterocycles. The van der Waals surface area contributed by atoms with Gasteiger partial charge in [0.15, 0.2) is 5.78 Å². The largest absolute Gasteiger partial charge is 0.299 e. The second kappa shape index (κ2) is 2.52. The van der Waals surface area contributed by atoms with Gasteiger partial charge in [-0.2, -0.15) is 0 Å². The number of aromatic nitrogens is 1. The minimum atomic E-state index is -0.102. The van der Waals surface area contributed by atoms with Crippen molar-refractivity contribution < 1.29 is 9.59 Å². The van der Waals surface area contributed by atoms with Crippen molar-refractivity contribution in [2.24, 2.45) is 0 Å². The van der Waals surface area contributed by atoms with E-state index in [2.05, 4.69) is 4.98 Å². The van der Waals surface area contributed by atoms with Crippen LogP contribution in [0.4, 0.5) is 0 Å². The third kappa shape index (κ3) is 1.03. The number of Topliss-reactive ketones (excluding diaryl/α,β-unsaturated/α-hetero) is 2. The first kappa shape index (κ1) is 7.16. The molecule has 0 spiro atoms. The average molecular weight is 161 g/mol. The number of hydrogen-bond donors (Lipinski definition) is 0. The third-order valence-electron chi connectivity index (χ3n) is 1.91. The predicted molar refractivity (Wildman–Crippen MR) is 41.9 cm³/mol. The van der Waals surface area contributed by atoms with Gasteiger partial charge in [0, 0.05) is 18.2 Å². The fraction of sp³-hybridized carbons (Fsp3) is 0.222. The Kier molecular flexibility index (Phi) is 1.50. The van der Waals surface area contributed by atoms with Crippen molar-refractivity contribution >= 4 is 11.6 Å². The van der Waals surface area contributed by atoms with Crippen LogP contribution in [0.25, 0.3) is 0 Å². The van der Waals surface area contributed by atoms with Gasteiger partial charge in [0.05, 0.1) is 12.1 Å². The first-order chi connectivity index (χ1) is 5.77. The fourth-order valence-corrected chi connectivity index (χ4v) is 1.36. The van der Waals surface area contributed by atoms with E-state index in [1.807, 2.05) is 0 Å². The van der Waals surface area contributed by atoms with Gasteiger partial charge in [-0.3, -0.25) is 14.6 Å². The summed E-state index contributed by atoms with van der Waals surface area (Å²) in [6.07, 6.45) is 1.95. The molecule has 1 aromatic rings. The Balaban J connectivity index is 2.54. The highest BCUT2D eigenvalue weighted by Crippen LogP contribution is 2.15. The van der Waals surface area contributed by atoms with Gasteiger partial charge in [-0.25, -0.2) is 0 Å². The number of rotatable bonds is 0. The van der Waals surface area contributed by atoms with Gasteiger partial charge in [-0.15, -0.1) is 0 Å². The fourth-order valence-electron chi connectivity index (χ4n) is 1.36. The van der Waals surface area contributed by atoms with Gasteiger partial charge in [0.1, 0.15) is 5.78 Å². The summed E-state index contributed by atoms with van der Waals surface area (Å²) in [5.74, 6) is -0.138. The van der Waals surface area contributed by atoms with Crippen LogP contribution in [0.2, 0.25) is 0 Å². The van der Waals surface area contributed by atoms with Crippen LogP contribution in [0, 0.1) is 0 Å². The molecule has 3 heteroatoms. The molecule has 1 aliphatic rings. The predicted octanol–water partition coefficient (Wildman–Crippen LogP) is 0.780. The Hall–Kier alpha value is -1.51. The Morgan fingerprint density at radius 3 is 2.92 bits per heavy atom. The molecule has 0 unspecified atom stereocenters. The van der Waals surface area contributed by atoms with Gasteiger partial charge >= 0.3 is 0 Å². The van der Waals surface area contributed by atoms with Gasteiger partial charge in [0.2, 0.25) is 0 Å². The summed E-state index contributed by atoms with van der Waals surface area (Å²) in [6.45, 7) is 0. The van der Waals surface area contributed by atoms with E-state index in [0.29, 0.717) is 17.7 Å². The molecular formula is C9H7NO2. The second-order valence-electron chi connectivity index (χ2n) is 2.81. The molecular weight excluding hydrogens is 154 g/mol. The van der Waals surface area contributed by atoms with E-state index < -0.39 is 0 Å². The minimum absolute atomic E-state index is 0.0359. The van der Waals surface area contributed by atoms with Crippen molar-refractivity contribution in [3.8, 4) is 0 Å². The molecule has 0 N–H and O–H groups in total. The van der Waals surface area contributed by atoms with Gasteiger partial charge in [-0.05, 0) is 12.1 Å². The highest BCUT2D eigenvalue weighted by Gasteiger charge is 2.22. The van der Waals surface area contributed by atoms with E-state index in [0.717, 1.165) is 0 Å². The molecule has 1 aromatic heterocycles. The minimum Gasteiger partial charge on any atom is -0.299 e. The topological polar surface area (TPSA) is 47.0 Å². The highest BCUT2D eigenvalue weighted by molar-refractivity contribution is 6.12. The molecule has 60 valence electrons. The standard InChI is InChI=1S/C9H7NO2/c11-6-4-8-7(9(12)5-6)2-1-3-10-8/h1-3H,4-5H2. The zero-order chi connectivity index (χ0) is 8.55. The van der Waals surface area contributed by atoms with Gasteiger partial charge < -0.3 is 0 Å². The molecule has 1 aliphatic carbocycles. The number of ketones is 2. The van der Waals surface area contributed by atoms with Crippen LogP contribution in [0.1, 0.15) is 22.5 Å². The molecule has 0 fully saturated rings. The number of pyridine rings is 1. The molecule has 0 bridgehead atoms. The Morgan fingerprint density at radius 1 is 1.25 bits per heavy atom. The van der Waals surface area contributed by atoms with E-state index >= 15 is 0 Å². The maximum Gasteiger partial charge on any atom is 0.172 e. The maximum absolute atomic E-state index is 11.2. The van der Waals surface area contributed by atoms with E-state index in [4.69, 9.17) is 0 Å². The normalized spacial score (nSPS) is 16.0. The van der Waals surface area contributed by atoms with Crippen LogP contribution < -0.4 is 0 Å². The van der Waals surface area contributed by atoms with Crippen LogP contribution >= 0.6 is 0 Å². The van der Waals surface area contributed by atoms with Crippen LogP contribution in [0.15, 0.2) is 18.3 Å². The van der Waals surface area contributed by atoms with Crippen molar-refractivity contribution in [1.29, 1.82) is 0 Å². The molecule has 12 heavy (non-hydrogen) atoms. The average Bonchev–Trinajstić information content (AvgIpc) is 2.04. The third-order valence-corrected chi connectivity index (χ3v) is 1.91. The highest BCUT2D eigenvalue weighted by atomic mass is 16.1. The van der Waals surface area contributed by atoms with E-state index in [1.165, 1.54) is 0 Å². The van der Waals surface area contributed by atoms with Crippen LogP contribution in [0.5, 0.6) is 0 Å². The lowest BCUT2D eigenvalue weighted by atomic mass is 9.94. The summed E-state index contributed by atoms with van der Waals surface area (Å²) in [5, 5.41) is 0. The Morgan fingerprint density at radius 2 is 2.08 bits per heavy atom. The summed E-state index contributed by atoms with van der Waals surface area (Å²) in [7, 11) is 0. The lowest BCUT2D eigenvalue weighted by molar-refractivity contribution is -0.117. The molecule has 0 amide bonds. The maximum atomic E-state index is 11.2. The zero-order valence-electron chi connectivity index (χ0n) is 6.41. The molecule has 0 aromatic carbocycles. The molecule has 3 nitrogen and oxygen atoms in total. The van der Waals surface area contributed by atoms with Crippen molar-refractivity contribution in [2.45, 2.75) is 12.8 Å². The number of nitrogens with zero attached hydrogens (tertiary/aromatic N) is 1. The van der Waals surface area contributed by atoms with Crippen LogP contribution in [0.3, 0.4) is 0 Å². The van der Waals surface area contributed by atoms with E-state index in [-0.39, 0.29) is 18.0 Å². The van der Waals surface area contributed by atoms with Gasteiger partial charge in [-0.1, -0.05) is 0 Å². The van der Waals surface area contributed by atoms with Crippen molar-refractivity contribution in [3.05, 3.63) is 29.6 Å². The molecule has 1 heterocycles. The number of hydrogen-bond acceptors (Lipinski definition) is 3. The summed E-state index contributed by atoms with van der Waals surface area (Å²) in [4.78, 5) is 26.2. The first-order valence-electron chi connectivity index (χ1n) is 3.76. The summed E-state index contributed by atoms with van der Waals surface area (Å²) < 4.78 is 0. The lowest BCUT2D eigenvalue weighted by Crippen LogP contribution is -2.20. The molecule has 0 saturated carbocycles. The molecule has 2 rings (SSSR count). The number of fused-ring (bicyclic) bond motifs is 1. The molecule has 0 atom stereocenters. The van der Waals surface area contributed by atoms with Crippen LogP contribution in [-0.4, -0.2) is 16.6 Å². The monoisotopic (exact) mass is 161 g/mol. The summed E-state index contributed by atoms with van der Waals surface area (Å²) >= 11 is 0. The second-order valence-corrected chi connectivity index (χ2v) is 2.81. The SMILES string of the molecule is O=C1CC(=O)c2cccnc2C1. The number of carbonyl (C=O) groups is 2. The molecule has 0 radical (unpaired) electrons. The van der Waals surface area contributed by atoms with E-state index in [9.17, 15) is 9.59 Å². The van der Waals surface area contributed by atoms with Crippen molar-refractivity contribution in [3.63, 3.8) is 0 Å². The van der Waals surface area contributed by atoms with E-state index in [1.54, 1.807) is 18.3 Å². The van der Waals surface area contributed by atoms with Crippen molar-refractivity contribution in [2.75, 3.05) is 0 Å². The Labute approximate surface area is 69.4 Å².